The molecule has 2 N–H and O–H groups in total. The third-order valence-corrected chi connectivity index (χ3v) is 3.78. The summed E-state index contributed by atoms with van der Waals surface area (Å²) in [6, 6.07) is 8.95. The molecule has 3 nitrogen and oxygen atoms in total. The molecule has 0 heterocycles. The topological polar surface area (TPSA) is 33.3 Å². The first-order chi connectivity index (χ1) is 10.3. The number of methoxy groups -OCH3 is 1. The molecular weight excluding hydrogens is 260 g/mol. The Kier molecular flexibility index (Phi) is 9.92. The average molecular weight is 292 g/mol. The van der Waals surface area contributed by atoms with Gasteiger partial charge in [0, 0.05) is 19.1 Å². The molecule has 0 aromatic heterocycles. The second-order valence-corrected chi connectivity index (χ2v) is 5.70. The molecule has 0 spiro atoms. The van der Waals surface area contributed by atoms with E-state index in [1.807, 2.05) is 12.1 Å². The lowest BCUT2D eigenvalue weighted by molar-refractivity contribution is 0.414. The molecule has 1 rings (SSSR count). The van der Waals surface area contributed by atoms with Gasteiger partial charge in [-0.25, -0.2) is 0 Å². The molecule has 1 aromatic rings. The maximum atomic E-state index is 5.16. The summed E-state index contributed by atoms with van der Waals surface area (Å²) < 4.78 is 5.16. The van der Waals surface area contributed by atoms with E-state index < -0.39 is 0 Å². The molecule has 0 radical (unpaired) electrons. The van der Waals surface area contributed by atoms with E-state index >= 15 is 0 Å². The van der Waals surface area contributed by atoms with Gasteiger partial charge < -0.3 is 15.4 Å². The summed E-state index contributed by atoms with van der Waals surface area (Å²) in [5.41, 5.74) is 1.35. The van der Waals surface area contributed by atoms with Crippen molar-refractivity contribution in [3.05, 3.63) is 29.8 Å². The normalized spacial score (nSPS) is 12.3. The molecule has 3 heteroatoms. The minimum absolute atomic E-state index is 0.639. The minimum atomic E-state index is 0.639. The van der Waals surface area contributed by atoms with Crippen LogP contribution in [0.15, 0.2) is 24.3 Å². The summed E-state index contributed by atoms with van der Waals surface area (Å²) in [6.07, 6.45) is 6.36. The van der Waals surface area contributed by atoms with Gasteiger partial charge in [-0.3, -0.25) is 0 Å². The Bertz CT molecular complexity index is 351. The molecule has 0 aliphatic rings. The van der Waals surface area contributed by atoms with E-state index in [0.717, 1.165) is 31.8 Å². The van der Waals surface area contributed by atoms with Gasteiger partial charge in [0.1, 0.15) is 5.75 Å². The van der Waals surface area contributed by atoms with Gasteiger partial charge in [0.15, 0.2) is 0 Å². The number of nitrogens with one attached hydrogen (secondary N) is 2. The molecule has 120 valence electrons. The van der Waals surface area contributed by atoms with Crippen LogP contribution in [-0.4, -0.2) is 32.8 Å². The summed E-state index contributed by atoms with van der Waals surface area (Å²) in [5, 5.41) is 7.07. The lowest BCUT2D eigenvalue weighted by Crippen LogP contribution is -2.34. The van der Waals surface area contributed by atoms with Gasteiger partial charge in [-0.1, -0.05) is 38.3 Å². The van der Waals surface area contributed by atoms with Crippen molar-refractivity contribution in [2.75, 3.05) is 26.7 Å². The smallest absolute Gasteiger partial charge is 0.118 e. The number of hydrogen-bond acceptors (Lipinski definition) is 3. The molecular formula is C18H32N2O. The first-order valence-electron chi connectivity index (χ1n) is 8.33. The molecule has 21 heavy (non-hydrogen) atoms. The van der Waals surface area contributed by atoms with Gasteiger partial charge in [0.2, 0.25) is 0 Å². The van der Waals surface area contributed by atoms with Crippen molar-refractivity contribution in [3.8, 4) is 5.75 Å². The molecule has 0 amide bonds. The maximum Gasteiger partial charge on any atom is 0.118 e. The lowest BCUT2D eigenvalue weighted by Gasteiger charge is -2.13. The van der Waals surface area contributed by atoms with Crippen molar-refractivity contribution in [2.45, 2.75) is 52.0 Å². The van der Waals surface area contributed by atoms with Gasteiger partial charge in [-0.05, 0) is 44.0 Å². The average Bonchev–Trinajstić information content (AvgIpc) is 2.51. The summed E-state index contributed by atoms with van der Waals surface area (Å²) in [6.45, 7) is 7.65. The lowest BCUT2D eigenvalue weighted by atomic mass is 10.1. The van der Waals surface area contributed by atoms with Crippen molar-refractivity contribution >= 4 is 0 Å². The van der Waals surface area contributed by atoms with E-state index in [1.165, 1.54) is 31.2 Å². The molecule has 1 unspecified atom stereocenters. The molecule has 1 atom stereocenters. The van der Waals surface area contributed by atoms with Crippen molar-refractivity contribution in [2.24, 2.45) is 0 Å². The Hall–Kier alpha value is -1.06. The highest BCUT2D eigenvalue weighted by Crippen LogP contribution is 2.11. The van der Waals surface area contributed by atoms with E-state index in [4.69, 9.17) is 4.74 Å². The highest BCUT2D eigenvalue weighted by atomic mass is 16.5. The maximum absolute atomic E-state index is 5.16. The summed E-state index contributed by atoms with van der Waals surface area (Å²) in [7, 11) is 1.70. The Morgan fingerprint density at radius 2 is 1.81 bits per heavy atom. The number of unbranched alkanes of at least 4 members (excludes halogenated alkanes) is 2. The SMILES string of the molecule is CCCCCC(C)NCCNCCc1ccc(OC)cc1. The van der Waals surface area contributed by atoms with E-state index in [-0.39, 0.29) is 0 Å². The fourth-order valence-corrected chi connectivity index (χ4v) is 2.36. The molecule has 1 aromatic carbocycles. The van der Waals surface area contributed by atoms with Gasteiger partial charge in [0.25, 0.3) is 0 Å². The molecule has 0 saturated heterocycles. The van der Waals surface area contributed by atoms with E-state index in [2.05, 4.69) is 36.6 Å². The minimum Gasteiger partial charge on any atom is -0.497 e. The molecule has 0 bridgehead atoms. The predicted molar refractivity (Wildman–Crippen MR) is 91.2 cm³/mol. The number of rotatable bonds is 12. The summed E-state index contributed by atoms with van der Waals surface area (Å²) in [4.78, 5) is 0. The number of hydrogen-bond donors (Lipinski definition) is 2. The molecule has 0 fully saturated rings. The first kappa shape index (κ1) is 18.0. The van der Waals surface area contributed by atoms with Crippen molar-refractivity contribution < 1.29 is 4.74 Å². The van der Waals surface area contributed by atoms with Gasteiger partial charge in [0.05, 0.1) is 7.11 Å². The zero-order valence-electron chi connectivity index (χ0n) is 14.0. The van der Waals surface area contributed by atoms with Crippen LogP contribution in [0.1, 0.15) is 45.1 Å². The Morgan fingerprint density at radius 1 is 1.05 bits per heavy atom. The highest BCUT2D eigenvalue weighted by molar-refractivity contribution is 5.27. The molecule has 0 aliphatic carbocycles. The number of benzene rings is 1. The Balaban J connectivity index is 1.98. The van der Waals surface area contributed by atoms with Gasteiger partial charge in [-0.2, -0.15) is 0 Å². The standard InChI is InChI=1S/C18H32N2O/c1-4-5-6-7-16(2)20-15-14-19-13-12-17-8-10-18(21-3)11-9-17/h8-11,16,19-20H,4-7,12-15H2,1-3H3. The predicted octanol–water partition coefficient (Wildman–Crippen LogP) is 3.39. The first-order valence-corrected chi connectivity index (χ1v) is 8.33. The molecule has 0 aliphatic heterocycles. The Morgan fingerprint density at radius 3 is 2.48 bits per heavy atom. The van der Waals surface area contributed by atoms with Crippen molar-refractivity contribution in [1.82, 2.24) is 10.6 Å². The fraction of sp³-hybridized carbons (Fsp3) is 0.667. The highest BCUT2D eigenvalue weighted by Gasteiger charge is 2.00. The second-order valence-electron chi connectivity index (χ2n) is 5.70. The van der Waals surface area contributed by atoms with Gasteiger partial charge >= 0.3 is 0 Å². The quantitative estimate of drug-likeness (QED) is 0.579. The largest absolute Gasteiger partial charge is 0.497 e. The zero-order chi connectivity index (χ0) is 15.3. The molecule has 0 saturated carbocycles. The van der Waals surface area contributed by atoms with Crippen LogP contribution in [-0.2, 0) is 6.42 Å². The zero-order valence-corrected chi connectivity index (χ0v) is 14.0. The summed E-state index contributed by atoms with van der Waals surface area (Å²) >= 11 is 0. The van der Waals surface area contributed by atoms with Crippen LogP contribution in [0.2, 0.25) is 0 Å². The third kappa shape index (κ3) is 8.74. The van der Waals surface area contributed by atoms with E-state index in [0.29, 0.717) is 6.04 Å². The second kappa shape index (κ2) is 11.6. The third-order valence-electron chi connectivity index (χ3n) is 3.78. The monoisotopic (exact) mass is 292 g/mol. The van der Waals surface area contributed by atoms with Crippen LogP contribution < -0.4 is 15.4 Å². The van der Waals surface area contributed by atoms with Crippen molar-refractivity contribution in [1.29, 1.82) is 0 Å². The van der Waals surface area contributed by atoms with Crippen LogP contribution in [0.25, 0.3) is 0 Å². The van der Waals surface area contributed by atoms with Crippen molar-refractivity contribution in [3.63, 3.8) is 0 Å². The Labute approximate surface area is 130 Å². The van der Waals surface area contributed by atoms with Crippen LogP contribution in [0.3, 0.4) is 0 Å². The van der Waals surface area contributed by atoms with Crippen LogP contribution in [0, 0.1) is 0 Å². The van der Waals surface area contributed by atoms with Crippen LogP contribution in [0.4, 0.5) is 0 Å². The fourth-order valence-electron chi connectivity index (χ4n) is 2.36. The van der Waals surface area contributed by atoms with E-state index in [9.17, 15) is 0 Å². The number of ether oxygens (including phenoxy) is 1. The summed E-state index contributed by atoms with van der Waals surface area (Å²) in [5.74, 6) is 0.924. The van der Waals surface area contributed by atoms with Crippen LogP contribution in [0.5, 0.6) is 5.75 Å². The van der Waals surface area contributed by atoms with Crippen LogP contribution >= 0.6 is 0 Å². The van der Waals surface area contributed by atoms with E-state index in [1.54, 1.807) is 7.11 Å². The van der Waals surface area contributed by atoms with Gasteiger partial charge in [-0.15, -0.1) is 0 Å².